The van der Waals surface area contributed by atoms with E-state index in [9.17, 15) is 13.9 Å². The van der Waals surface area contributed by atoms with Gasteiger partial charge in [-0.3, -0.25) is 4.68 Å². The molecule has 1 aliphatic rings. The molecule has 0 bridgehead atoms. The van der Waals surface area contributed by atoms with Gasteiger partial charge in [-0.15, -0.1) is 15.3 Å². The molecule has 0 aliphatic heterocycles. The summed E-state index contributed by atoms with van der Waals surface area (Å²) in [5.74, 6) is 1.45. The molecular formula is C25H32F2N8O3. The monoisotopic (exact) mass is 530 g/mol. The maximum absolute atomic E-state index is 12.4. The molecule has 38 heavy (non-hydrogen) atoms. The van der Waals surface area contributed by atoms with Gasteiger partial charge in [0, 0.05) is 41.9 Å². The van der Waals surface area contributed by atoms with Crippen LogP contribution in [-0.2, 0) is 10.3 Å². The van der Waals surface area contributed by atoms with Gasteiger partial charge in [-0.05, 0) is 52.5 Å². The van der Waals surface area contributed by atoms with Gasteiger partial charge in [-0.2, -0.15) is 13.9 Å². The summed E-state index contributed by atoms with van der Waals surface area (Å²) in [5.41, 5.74) is 2.91. The van der Waals surface area contributed by atoms with E-state index < -0.39 is 18.2 Å². The standard InChI is InChI=1S/C25H32F2N8O3/c1-14(13-37-23(26)27)30-24-28-11-21-19(9-20(35(21)33-24)16-5-7-18(36)8-6-16)17-10-29-34(12-17)25(3,4)22-32-31-15(2)38-22/h9-12,14,16,18,23,36H,5-8,13H2,1-4H3,(H,30,33)/t14-,16?,18?/m0/s1. The number of aryl methyl sites for hydroxylation is 1. The molecule has 0 saturated heterocycles. The SMILES string of the molecule is Cc1nnc(C(C)(C)n2cc(-c3cc(C4CCC(O)CC4)n4nc(N[C@@H](C)COC(F)F)ncc34)cn2)o1. The van der Waals surface area contributed by atoms with Gasteiger partial charge in [0.1, 0.15) is 5.54 Å². The van der Waals surface area contributed by atoms with Crippen molar-refractivity contribution in [2.24, 2.45) is 0 Å². The van der Waals surface area contributed by atoms with Gasteiger partial charge in [0.25, 0.3) is 0 Å². The van der Waals surface area contributed by atoms with Gasteiger partial charge < -0.3 is 19.6 Å². The highest BCUT2D eigenvalue weighted by Crippen LogP contribution is 2.38. The molecule has 5 rings (SSSR count). The Morgan fingerprint density at radius 1 is 1.21 bits per heavy atom. The van der Waals surface area contributed by atoms with E-state index in [1.807, 2.05) is 24.6 Å². The quantitative estimate of drug-likeness (QED) is 0.328. The Hall–Kier alpha value is -3.45. The molecule has 11 nitrogen and oxygen atoms in total. The molecule has 1 aliphatic carbocycles. The highest BCUT2D eigenvalue weighted by atomic mass is 19.3. The summed E-state index contributed by atoms with van der Waals surface area (Å²) in [6, 6.07) is 1.68. The highest BCUT2D eigenvalue weighted by Gasteiger charge is 2.31. The van der Waals surface area contributed by atoms with Crippen LogP contribution in [-0.4, -0.2) is 65.0 Å². The van der Waals surface area contributed by atoms with Crippen LogP contribution >= 0.6 is 0 Å². The van der Waals surface area contributed by atoms with Crippen molar-refractivity contribution >= 4 is 11.5 Å². The summed E-state index contributed by atoms with van der Waals surface area (Å²) in [6.45, 7) is 4.35. The second kappa shape index (κ2) is 10.4. The first-order valence-corrected chi connectivity index (χ1v) is 12.7. The first kappa shape index (κ1) is 26.2. The predicted octanol–water partition coefficient (Wildman–Crippen LogP) is 4.13. The fraction of sp³-hybridized carbons (Fsp3) is 0.560. The molecule has 0 unspecified atom stereocenters. The number of fused-ring (bicyclic) bond motifs is 1. The Balaban J connectivity index is 1.50. The number of aliphatic hydroxyl groups is 1. The molecule has 0 spiro atoms. The number of nitrogens with zero attached hydrogens (tertiary/aromatic N) is 7. The van der Waals surface area contributed by atoms with E-state index in [1.165, 1.54) is 0 Å². The molecule has 1 atom stereocenters. The van der Waals surface area contributed by atoms with Crippen molar-refractivity contribution in [2.75, 3.05) is 11.9 Å². The number of aromatic nitrogens is 7. The summed E-state index contributed by atoms with van der Waals surface area (Å²) >= 11 is 0. The van der Waals surface area contributed by atoms with Gasteiger partial charge in [0.2, 0.25) is 17.7 Å². The van der Waals surface area contributed by atoms with E-state index in [1.54, 1.807) is 30.9 Å². The van der Waals surface area contributed by atoms with Crippen LogP contribution in [0.4, 0.5) is 14.7 Å². The third-order valence-corrected chi connectivity index (χ3v) is 7.02. The molecule has 0 radical (unpaired) electrons. The molecule has 4 aromatic rings. The number of halogens is 2. The lowest BCUT2D eigenvalue weighted by molar-refractivity contribution is -0.130. The molecule has 1 fully saturated rings. The largest absolute Gasteiger partial charge is 0.423 e. The average molecular weight is 531 g/mol. The number of hydrogen-bond donors (Lipinski definition) is 2. The Labute approximate surface area is 218 Å². The molecule has 4 heterocycles. The summed E-state index contributed by atoms with van der Waals surface area (Å²) in [6.07, 6.45) is 8.26. The topological polar surface area (TPSA) is 128 Å². The number of rotatable bonds is 9. The number of nitrogens with one attached hydrogen (secondary N) is 1. The number of aliphatic hydroxyl groups excluding tert-OH is 1. The van der Waals surface area contributed by atoms with Gasteiger partial charge in [0.15, 0.2) is 0 Å². The second-order valence-corrected chi connectivity index (χ2v) is 10.4. The van der Waals surface area contributed by atoms with Crippen LogP contribution in [0.25, 0.3) is 16.6 Å². The van der Waals surface area contributed by atoms with Crippen molar-refractivity contribution in [3.8, 4) is 11.1 Å². The van der Waals surface area contributed by atoms with Gasteiger partial charge in [-0.25, -0.2) is 9.50 Å². The first-order valence-electron chi connectivity index (χ1n) is 12.7. The van der Waals surface area contributed by atoms with Gasteiger partial charge in [-0.1, -0.05) is 0 Å². The number of alkyl halides is 2. The zero-order valence-corrected chi connectivity index (χ0v) is 21.8. The summed E-state index contributed by atoms with van der Waals surface area (Å²) in [4.78, 5) is 4.45. The lowest BCUT2D eigenvalue weighted by Gasteiger charge is -2.25. The van der Waals surface area contributed by atoms with Crippen molar-refractivity contribution in [2.45, 2.75) is 83.6 Å². The Morgan fingerprint density at radius 2 is 1.97 bits per heavy atom. The second-order valence-electron chi connectivity index (χ2n) is 10.4. The molecule has 1 saturated carbocycles. The first-order chi connectivity index (χ1) is 18.1. The number of ether oxygens (including phenoxy) is 1. The van der Waals surface area contributed by atoms with Crippen LogP contribution in [0.5, 0.6) is 0 Å². The molecular weight excluding hydrogens is 498 g/mol. The molecule has 204 valence electrons. The zero-order valence-electron chi connectivity index (χ0n) is 21.8. The van der Waals surface area contributed by atoms with Crippen molar-refractivity contribution in [1.82, 2.24) is 34.6 Å². The normalized spacial score (nSPS) is 19.4. The van der Waals surface area contributed by atoms with Crippen molar-refractivity contribution in [1.29, 1.82) is 0 Å². The van der Waals surface area contributed by atoms with E-state index >= 15 is 0 Å². The van der Waals surface area contributed by atoms with E-state index in [4.69, 9.17) is 9.52 Å². The maximum atomic E-state index is 12.4. The van der Waals surface area contributed by atoms with Crippen LogP contribution in [0.2, 0.25) is 0 Å². The van der Waals surface area contributed by atoms with E-state index in [0.717, 1.165) is 48.0 Å². The van der Waals surface area contributed by atoms with Gasteiger partial charge >= 0.3 is 6.61 Å². The Kier molecular flexibility index (Phi) is 7.14. The van der Waals surface area contributed by atoms with Crippen molar-refractivity contribution in [3.63, 3.8) is 0 Å². The predicted molar refractivity (Wildman–Crippen MR) is 134 cm³/mol. The minimum absolute atomic E-state index is 0.183. The summed E-state index contributed by atoms with van der Waals surface area (Å²) in [7, 11) is 0. The molecule has 13 heteroatoms. The average Bonchev–Trinajstić information content (AvgIpc) is 3.62. The van der Waals surface area contributed by atoms with Crippen LogP contribution in [0.1, 0.15) is 69.8 Å². The molecule has 0 amide bonds. The third-order valence-electron chi connectivity index (χ3n) is 7.02. The number of hydrogen-bond acceptors (Lipinski definition) is 9. The minimum atomic E-state index is -2.84. The lowest BCUT2D eigenvalue weighted by Crippen LogP contribution is -2.28. The minimum Gasteiger partial charge on any atom is -0.423 e. The Morgan fingerprint density at radius 3 is 2.66 bits per heavy atom. The van der Waals surface area contributed by atoms with Crippen molar-refractivity contribution < 1.29 is 23.0 Å². The molecule has 0 aromatic carbocycles. The lowest BCUT2D eigenvalue weighted by atomic mass is 9.85. The van der Waals surface area contributed by atoms with E-state index in [-0.39, 0.29) is 18.6 Å². The van der Waals surface area contributed by atoms with Crippen LogP contribution < -0.4 is 5.32 Å². The molecule has 2 N–H and O–H groups in total. The third kappa shape index (κ3) is 5.25. The fourth-order valence-electron chi connectivity index (χ4n) is 4.86. The summed E-state index contributed by atoms with van der Waals surface area (Å²) < 4.78 is 38.6. The van der Waals surface area contributed by atoms with Crippen LogP contribution in [0, 0.1) is 6.92 Å². The van der Waals surface area contributed by atoms with Crippen LogP contribution in [0.15, 0.2) is 29.1 Å². The smallest absolute Gasteiger partial charge is 0.345 e. The zero-order chi connectivity index (χ0) is 27.0. The van der Waals surface area contributed by atoms with E-state index in [2.05, 4.69) is 36.4 Å². The van der Waals surface area contributed by atoms with Crippen molar-refractivity contribution in [3.05, 3.63) is 42.1 Å². The van der Waals surface area contributed by atoms with Crippen LogP contribution in [0.3, 0.4) is 0 Å². The molecule has 4 aromatic heterocycles. The highest BCUT2D eigenvalue weighted by molar-refractivity contribution is 5.81. The van der Waals surface area contributed by atoms with Gasteiger partial charge in [0.05, 0.1) is 30.6 Å². The number of anilines is 1. The fourth-order valence-corrected chi connectivity index (χ4v) is 4.86. The maximum Gasteiger partial charge on any atom is 0.345 e. The summed E-state index contributed by atoms with van der Waals surface area (Å²) in [5, 5.41) is 30.5. The van der Waals surface area contributed by atoms with E-state index in [0.29, 0.717) is 17.7 Å². The Bertz CT molecular complexity index is 1390.